The van der Waals surface area contributed by atoms with Gasteiger partial charge < -0.3 is 15.1 Å². The number of aryl methyl sites for hydroxylation is 1. The van der Waals surface area contributed by atoms with Gasteiger partial charge in [-0.3, -0.25) is 19.4 Å². The van der Waals surface area contributed by atoms with Crippen molar-refractivity contribution in [3.63, 3.8) is 0 Å². The molecule has 0 spiro atoms. The van der Waals surface area contributed by atoms with Crippen LogP contribution in [0, 0.1) is 0 Å². The molecule has 1 unspecified atom stereocenters. The second-order valence-electron chi connectivity index (χ2n) is 8.20. The average molecular weight is 551 g/mol. The van der Waals surface area contributed by atoms with Crippen molar-refractivity contribution in [1.82, 2.24) is 24.9 Å². The molecule has 1 atom stereocenters. The molecule has 1 amide bonds. The number of anilines is 1. The van der Waals surface area contributed by atoms with E-state index >= 15 is 0 Å². The number of hydrogen-bond acceptors (Lipinski definition) is 4. The summed E-state index contributed by atoms with van der Waals surface area (Å²) in [5.41, 5.74) is 2.16. The summed E-state index contributed by atoms with van der Waals surface area (Å²) in [6, 6.07) is 10.9. The number of hydrogen-bond donors (Lipinski definition) is 1. The number of carbonyl (C=O) groups is 1. The summed E-state index contributed by atoms with van der Waals surface area (Å²) in [4.78, 5) is 24.3. The zero-order chi connectivity index (χ0) is 21.6. The number of halogens is 1. The maximum absolute atomic E-state index is 12.8. The smallest absolute Gasteiger partial charge is 0.246 e. The van der Waals surface area contributed by atoms with E-state index in [1.54, 1.807) is 10.9 Å². The van der Waals surface area contributed by atoms with Gasteiger partial charge in [0.1, 0.15) is 6.54 Å². The fraction of sp³-hybridized carbons (Fsp3) is 0.522. The third kappa shape index (κ3) is 5.80. The number of nitrogens with one attached hydrogen (secondary N) is 1. The van der Waals surface area contributed by atoms with Crippen LogP contribution < -0.4 is 10.2 Å². The summed E-state index contributed by atoms with van der Waals surface area (Å²) in [6.45, 7) is 7.45. The minimum absolute atomic E-state index is 0. The van der Waals surface area contributed by atoms with E-state index in [1.807, 2.05) is 18.1 Å². The van der Waals surface area contributed by atoms with Crippen LogP contribution >= 0.6 is 24.0 Å². The van der Waals surface area contributed by atoms with Crippen molar-refractivity contribution < 1.29 is 4.79 Å². The first-order valence-electron chi connectivity index (χ1n) is 11.3. The lowest BCUT2D eigenvalue weighted by Gasteiger charge is -2.36. The van der Waals surface area contributed by atoms with E-state index in [4.69, 9.17) is 4.99 Å². The number of benzene rings is 1. The Labute approximate surface area is 207 Å². The third-order valence-electron chi connectivity index (χ3n) is 6.04. The Kier molecular flexibility index (Phi) is 8.92. The molecule has 1 aromatic carbocycles. The lowest BCUT2D eigenvalue weighted by Crippen LogP contribution is -2.55. The summed E-state index contributed by atoms with van der Waals surface area (Å²) in [5, 5.41) is 7.59. The van der Waals surface area contributed by atoms with Crippen LogP contribution in [0.25, 0.3) is 0 Å². The van der Waals surface area contributed by atoms with E-state index < -0.39 is 0 Å². The van der Waals surface area contributed by atoms with Gasteiger partial charge in [0.25, 0.3) is 0 Å². The highest BCUT2D eigenvalue weighted by Crippen LogP contribution is 2.25. The van der Waals surface area contributed by atoms with Gasteiger partial charge in [-0.1, -0.05) is 30.3 Å². The van der Waals surface area contributed by atoms with Crippen LogP contribution in [-0.4, -0.2) is 77.3 Å². The number of piperazine rings is 1. The number of aliphatic imine (C=N–C) groups is 1. The predicted octanol–water partition coefficient (Wildman–Crippen LogP) is 2.49. The highest BCUT2D eigenvalue weighted by Gasteiger charge is 2.28. The van der Waals surface area contributed by atoms with Gasteiger partial charge in [-0.05, 0) is 38.4 Å². The van der Waals surface area contributed by atoms with Gasteiger partial charge in [-0.2, -0.15) is 5.10 Å². The molecule has 2 aliphatic rings. The first-order chi connectivity index (χ1) is 15.2. The molecule has 0 aliphatic carbocycles. The summed E-state index contributed by atoms with van der Waals surface area (Å²) in [7, 11) is 1.86. The second-order valence-corrected chi connectivity index (χ2v) is 8.20. The minimum atomic E-state index is 0. The monoisotopic (exact) mass is 551 g/mol. The summed E-state index contributed by atoms with van der Waals surface area (Å²) in [6.07, 6.45) is 6.12. The molecule has 8 nitrogen and oxygen atoms in total. The number of carbonyl (C=O) groups excluding carboxylic acids is 1. The number of rotatable bonds is 6. The molecule has 3 heterocycles. The Morgan fingerprint density at radius 1 is 1.16 bits per heavy atom. The first-order valence-corrected chi connectivity index (χ1v) is 11.3. The first kappa shape index (κ1) is 24.5. The van der Waals surface area contributed by atoms with Gasteiger partial charge in [0.2, 0.25) is 5.91 Å². The molecule has 0 radical (unpaired) electrons. The molecule has 1 aromatic heterocycles. The maximum atomic E-state index is 12.8. The average Bonchev–Trinajstić information content (AvgIpc) is 3.46. The van der Waals surface area contributed by atoms with Crippen LogP contribution in [-0.2, 0) is 11.8 Å². The van der Waals surface area contributed by atoms with Gasteiger partial charge >= 0.3 is 0 Å². The lowest BCUT2D eigenvalue weighted by molar-refractivity contribution is -0.120. The summed E-state index contributed by atoms with van der Waals surface area (Å²) >= 11 is 0. The van der Waals surface area contributed by atoms with Crippen LogP contribution in [0.3, 0.4) is 0 Å². The molecule has 2 aliphatic heterocycles. The van der Waals surface area contributed by atoms with Crippen molar-refractivity contribution in [3.8, 4) is 0 Å². The Bertz CT molecular complexity index is 895. The van der Waals surface area contributed by atoms with Gasteiger partial charge in [-0.15, -0.1) is 24.0 Å². The molecule has 1 N–H and O–H groups in total. The Hall–Kier alpha value is -2.14. The summed E-state index contributed by atoms with van der Waals surface area (Å²) < 4.78 is 1.72. The highest BCUT2D eigenvalue weighted by molar-refractivity contribution is 14.0. The third-order valence-corrected chi connectivity index (χ3v) is 6.04. The van der Waals surface area contributed by atoms with E-state index in [1.165, 1.54) is 18.4 Å². The minimum Gasteiger partial charge on any atom is -0.357 e. The standard InChI is InChI=1S/C23H33N7O.HI/c1-3-24-23(29-13-14-30(22(31)18-29)20-15-26-27(2)17-20)25-16-21(28-11-7-8-12-28)19-9-5-4-6-10-19;/h4-6,9-10,15,17,21H,3,7-8,11-14,16,18H2,1-2H3,(H,24,25);1H. The topological polar surface area (TPSA) is 69.0 Å². The fourth-order valence-electron chi connectivity index (χ4n) is 4.43. The number of nitrogens with zero attached hydrogens (tertiary/aromatic N) is 6. The van der Waals surface area contributed by atoms with E-state index in [9.17, 15) is 4.79 Å². The zero-order valence-electron chi connectivity index (χ0n) is 19.0. The molecular formula is C23H34IN7O. The Morgan fingerprint density at radius 3 is 2.53 bits per heavy atom. The van der Waals surface area contributed by atoms with E-state index in [-0.39, 0.29) is 35.9 Å². The quantitative estimate of drug-likeness (QED) is 0.340. The lowest BCUT2D eigenvalue weighted by atomic mass is 10.1. The molecular weight excluding hydrogens is 517 g/mol. The number of aromatic nitrogens is 2. The van der Waals surface area contributed by atoms with Crippen LogP contribution in [0.15, 0.2) is 47.7 Å². The van der Waals surface area contributed by atoms with Crippen molar-refractivity contribution in [2.24, 2.45) is 12.0 Å². The van der Waals surface area contributed by atoms with Crippen molar-refractivity contribution in [3.05, 3.63) is 48.3 Å². The number of likely N-dealkylation sites (tertiary alicyclic amines) is 1. The SMILES string of the molecule is CCNC(=NCC(c1ccccc1)N1CCCC1)N1CCN(c2cnn(C)c2)C(=O)C1.I. The van der Waals surface area contributed by atoms with Gasteiger partial charge in [-0.25, -0.2) is 0 Å². The van der Waals surface area contributed by atoms with Crippen molar-refractivity contribution in [2.75, 3.05) is 50.7 Å². The van der Waals surface area contributed by atoms with Crippen molar-refractivity contribution in [2.45, 2.75) is 25.8 Å². The molecule has 2 fully saturated rings. The molecule has 2 aromatic rings. The van der Waals surface area contributed by atoms with Crippen molar-refractivity contribution in [1.29, 1.82) is 0 Å². The number of amides is 1. The van der Waals surface area contributed by atoms with Gasteiger partial charge in [0, 0.05) is 32.9 Å². The fourth-order valence-corrected chi connectivity index (χ4v) is 4.43. The van der Waals surface area contributed by atoms with Crippen LogP contribution in [0.4, 0.5) is 5.69 Å². The van der Waals surface area contributed by atoms with E-state index in [0.717, 1.165) is 37.8 Å². The van der Waals surface area contributed by atoms with Crippen LogP contribution in [0.2, 0.25) is 0 Å². The predicted molar refractivity (Wildman–Crippen MR) is 139 cm³/mol. The largest absolute Gasteiger partial charge is 0.357 e. The molecule has 174 valence electrons. The zero-order valence-corrected chi connectivity index (χ0v) is 21.3. The van der Waals surface area contributed by atoms with E-state index in [2.05, 4.69) is 57.5 Å². The second kappa shape index (κ2) is 11.6. The maximum Gasteiger partial charge on any atom is 0.246 e. The molecule has 0 saturated carbocycles. The molecule has 32 heavy (non-hydrogen) atoms. The van der Waals surface area contributed by atoms with Gasteiger partial charge in [0.05, 0.1) is 24.5 Å². The Morgan fingerprint density at radius 2 is 1.91 bits per heavy atom. The van der Waals surface area contributed by atoms with Gasteiger partial charge in [0.15, 0.2) is 5.96 Å². The van der Waals surface area contributed by atoms with E-state index in [0.29, 0.717) is 19.6 Å². The normalized spacial score (nSPS) is 18.6. The summed E-state index contributed by atoms with van der Waals surface area (Å²) in [5.74, 6) is 0.894. The molecule has 9 heteroatoms. The molecule has 4 rings (SSSR count). The van der Waals surface area contributed by atoms with Crippen molar-refractivity contribution >= 4 is 41.5 Å². The Balaban J connectivity index is 0.00000289. The number of guanidine groups is 1. The molecule has 0 bridgehead atoms. The van der Waals surface area contributed by atoms with Crippen LogP contribution in [0.1, 0.15) is 31.4 Å². The highest BCUT2D eigenvalue weighted by atomic mass is 127. The van der Waals surface area contributed by atoms with Crippen LogP contribution in [0.5, 0.6) is 0 Å². The molecule has 2 saturated heterocycles.